The summed E-state index contributed by atoms with van der Waals surface area (Å²) >= 11 is 0. The van der Waals surface area contributed by atoms with E-state index in [1.165, 1.54) is 38.9 Å². The molecule has 10 aromatic heterocycles. The van der Waals surface area contributed by atoms with Crippen molar-refractivity contribution in [2.24, 2.45) is 0 Å². The second-order valence-corrected chi connectivity index (χ2v) is 30.9. The molecule has 0 spiro atoms. The van der Waals surface area contributed by atoms with Gasteiger partial charge >= 0.3 is 20.1 Å². The first-order valence-corrected chi connectivity index (χ1v) is 44.8. The van der Waals surface area contributed by atoms with Gasteiger partial charge < -0.3 is 49.3 Å². The molecular formula is C127H94Ir4N9O-6. The molecule has 23 aromatic rings. The van der Waals surface area contributed by atoms with E-state index in [1.54, 1.807) is 24.8 Å². The third kappa shape index (κ3) is 32.4. The van der Waals surface area contributed by atoms with Gasteiger partial charge in [-0.25, -0.2) is 0 Å². The van der Waals surface area contributed by atoms with Crippen molar-refractivity contribution in [1.82, 2.24) is 44.9 Å². The minimum absolute atomic E-state index is 0. The summed E-state index contributed by atoms with van der Waals surface area (Å²) in [5.74, 6) is 0. The average molecular weight is 2530 g/mol. The molecule has 141 heavy (non-hydrogen) atoms. The second kappa shape index (κ2) is 57.7. The molecule has 0 aliphatic heterocycles. The van der Waals surface area contributed by atoms with Crippen molar-refractivity contribution in [2.45, 2.75) is 27.7 Å². The summed E-state index contributed by atoms with van der Waals surface area (Å²) in [6.07, 6.45) is 12.8. The first kappa shape index (κ1) is 106. The number of para-hydroxylation sites is 1. The van der Waals surface area contributed by atoms with Crippen LogP contribution in [0.25, 0.3) is 157 Å². The maximum atomic E-state index is 5.97. The molecule has 0 aliphatic rings. The van der Waals surface area contributed by atoms with Gasteiger partial charge in [0.05, 0.1) is 5.58 Å². The fourth-order valence-corrected chi connectivity index (χ4v) is 14.3. The van der Waals surface area contributed by atoms with Crippen molar-refractivity contribution in [2.75, 3.05) is 0 Å². The van der Waals surface area contributed by atoms with Gasteiger partial charge in [-0.2, -0.15) is 0 Å². The largest absolute Gasteiger partial charge is 3.00 e. The number of furan rings is 1. The van der Waals surface area contributed by atoms with Crippen molar-refractivity contribution < 1.29 is 84.8 Å². The third-order valence-corrected chi connectivity index (χ3v) is 21.1. The molecule has 3 radical (unpaired) electrons. The number of aryl methyl sites for hydroxylation is 4. The van der Waals surface area contributed by atoms with Crippen molar-refractivity contribution in [3.8, 4) is 135 Å². The molecule has 0 fully saturated rings. The molecule has 695 valence electrons. The third-order valence-electron chi connectivity index (χ3n) is 21.1. The zero-order valence-electron chi connectivity index (χ0n) is 77.6. The van der Waals surface area contributed by atoms with E-state index in [9.17, 15) is 0 Å². The van der Waals surface area contributed by atoms with Gasteiger partial charge in [0.1, 0.15) is 5.58 Å². The minimum atomic E-state index is 0. The van der Waals surface area contributed by atoms with Crippen LogP contribution in [0.3, 0.4) is 0 Å². The van der Waals surface area contributed by atoms with Gasteiger partial charge in [-0.15, -0.1) is 299 Å². The molecule has 23 rings (SSSR count). The van der Waals surface area contributed by atoms with E-state index >= 15 is 0 Å². The summed E-state index contributed by atoms with van der Waals surface area (Å²) in [6, 6.07) is 179. The first-order valence-electron chi connectivity index (χ1n) is 44.8. The maximum Gasteiger partial charge on any atom is 3.00 e. The Morgan fingerprint density at radius 1 is 0.220 bits per heavy atom. The summed E-state index contributed by atoms with van der Waals surface area (Å²) in [5, 5.41) is 2.23. The molecule has 0 bridgehead atoms. The molecule has 0 atom stereocenters. The molecule has 0 saturated carbocycles. The minimum Gasteiger partial charge on any atom is -0.501 e. The van der Waals surface area contributed by atoms with Gasteiger partial charge in [-0.1, -0.05) is 234 Å². The van der Waals surface area contributed by atoms with Crippen LogP contribution in [0, 0.1) is 82.3 Å². The fraction of sp³-hybridized carbons (Fsp3) is 0.0315. The molecule has 10 nitrogen and oxygen atoms in total. The monoisotopic (exact) mass is 2530 g/mol. The van der Waals surface area contributed by atoms with Crippen LogP contribution in [0.2, 0.25) is 0 Å². The zero-order chi connectivity index (χ0) is 93.9. The van der Waals surface area contributed by atoms with E-state index in [4.69, 9.17) is 4.42 Å². The molecule has 0 aliphatic carbocycles. The summed E-state index contributed by atoms with van der Waals surface area (Å²) in [6.45, 7) is 8.18. The van der Waals surface area contributed by atoms with Gasteiger partial charge in [0.2, 0.25) is 0 Å². The summed E-state index contributed by atoms with van der Waals surface area (Å²) in [4.78, 5) is 39.3. The Bertz CT molecular complexity index is 7040. The van der Waals surface area contributed by atoms with E-state index in [1.807, 2.05) is 415 Å². The molecule has 14 heteroatoms. The summed E-state index contributed by atoms with van der Waals surface area (Å²) in [7, 11) is 0. The number of hydrogen-bond donors (Lipinski definition) is 0. The van der Waals surface area contributed by atoms with E-state index in [2.05, 4.69) is 186 Å². The van der Waals surface area contributed by atoms with Crippen LogP contribution in [-0.2, 0) is 80.4 Å². The number of hydrogen-bond acceptors (Lipinski definition) is 10. The van der Waals surface area contributed by atoms with Crippen molar-refractivity contribution in [3.63, 3.8) is 0 Å². The predicted molar refractivity (Wildman–Crippen MR) is 559 cm³/mol. The standard InChI is InChI=1S/2C18H14N.C17H10NO.C17H12N.2C12H10N.3C11H8N.4Ir/c1-14-12-18(16-10-6-3-7-11-16)19-13-17(14)15-8-4-2-5-9-15;1-14-11-12-19-18(13-14)17-9-7-16(8-10-17)15-5-3-2-4-6-15;1-2-10-16-12(6-1)13-7-5-8-14(17(13)19-16)15-9-3-4-11-18-15;1-3-7-14(8-4-1)16-11-12-17(18-13-16)15-9-5-2-6-10-15;2*1-10-6-5-9-12(13-10)11-7-3-2-4-8-11;3*1-2-6-10(7-3-1)11-8-4-5-9-12-11;;;;/h2-10,12-13H,1H3;2-9,11-13H,1H3;1-7,9-11H;1-9,11-13H;2*2-7,9H,1H3;3*1-6,8-9H;;;;/q9*-1;;;;+3. The first-order chi connectivity index (χ1) is 67.7. The van der Waals surface area contributed by atoms with Crippen LogP contribution < -0.4 is 0 Å². The number of nitrogens with zero attached hydrogens (tertiary/aromatic N) is 9. The Balaban J connectivity index is 0.000000152. The predicted octanol–water partition coefficient (Wildman–Crippen LogP) is 31.1. The Hall–Kier alpha value is -15.4. The number of aromatic nitrogens is 9. The summed E-state index contributed by atoms with van der Waals surface area (Å²) < 4.78 is 5.97. The van der Waals surface area contributed by atoms with Crippen LogP contribution in [0.15, 0.2) is 503 Å². The van der Waals surface area contributed by atoms with Gasteiger partial charge in [0.15, 0.2) is 0 Å². The van der Waals surface area contributed by atoms with Crippen LogP contribution in [0.1, 0.15) is 22.5 Å². The SMILES string of the molecule is Cc1cc(-c2[c-]cccc2)ncc1-c1ccccc1.Cc1cccc(-c2[c-]cccc2)n1.Cc1cccc(-c2[c-]cccc2)n1.Cc1ccnc(-c2[c-]cc(-c3ccccc3)cc2)c1.[Ir+3].[Ir].[Ir].[Ir].[c-]1ccc2c(oc3ccccc32)c1-c1ccccn1.[c-]1ccccc1-c1ccc(-c2ccccc2)cn1.[c-]1ccccc1-c1ccccn1.[c-]1ccccc1-c1ccccn1.[c-]1ccccc1-c1ccccn1. The number of fused-ring (bicyclic) bond motifs is 3. The molecular weight excluding hydrogens is 2440 g/mol. The number of rotatable bonds is 12. The van der Waals surface area contributed by atoms with Crippen LogP contribution in [0.5, 0.6) is 0 Å². The van der Waals surface area contributed by atoms with Crippen molar-refractivity contribution in [3.05, 3.63) is 575 Å². The smallest absolute Gasteiger partial charge is 0.501 e. The quantitative estimate of drug-likeness (QED) is 0.109. The number of pyridine rings is 9. The Labute approximate surface area is 881 Å². The van der Waals surface area contributed by atoms with Crippen molar-refractivity contribution >= 4 is 21.9 Å². The van der Waals surface area contributed by atoms with E-state index in [-0.39, 0.29) is 80.4 Å². The molecule has 0 saturated heterocycles. The molecule has 0 unspecified atom stereocenters. The topological polar surface area (TPSA) is 129 Å². The molecule has 0 N–H and O–H groups in total. The van der Waals surface area contributed by atoms with E-state index in [0.29, 0.717) is 0 Å². The zero-order valence-corrected chi connectivity index (χ0v) is 87.2. The van der Waals surface area contributed by atoms with Crippen molar-refractivity contribution in [1.29, 1.82) is 0 Å². The molecule has 13 aromatic carbocycles. The van der Waals surface area contributed by atoms with Gasteiger partial charge in [-0.05, 0) is 150 Å². The van der Waals surface area contributed by atoms with Gasteiger partial charge in [0.25, 0.3) is 0 Å². The second-order valence-electron chi connectivity index (χ2n) is 30.9. The van der Waals surface area contributed by atoms with Crippen LogP contribution in [-0.4, -0.2) is 44.9 Å². The Morgan fingerprint density at radius 2 is 0.574 bits per heavy atom. The molecule has 0 amide bonds. The fourth-order valence-electron chi connectivity index (χ4n) is 14.3. The average Bonchev–Trinajstić information content (AvgIpc) is 1.62. The number of benzene rings is 13. The maximum absolute atomic E-state index is 5.97. The molecule has 10 heterocycles. The van der Waals surface area contributed by atoms with Crippen LogP contribution >= 0.6 is 0 Å². The van der Waals surface area contributed by atoms with Gasteiger partial charge in [-0.3, -0.25) is 0 Å². The normalized spacial score (nSPS) is 9.90. The Morgan fingerprint density at radius 3 is 0.965 bits per heavy atom. The van der Waals surface area contributed by atoms with Gasteiger partial charge in [0, 0.05) is 126 Å². The van der Waals surface area contributed by atoms with Crippen LogP contribution in [0.4, 0.5) is 0 Å². The Kier molecular flexibility index (Phi) is 43.4. The van der Waals surface area contributed by atoms with E-state index in [0.717, 1.165) is 140 Å². The van der Waals surface area contributed by atoms with E-state index < -0.39 is 0 Å². The summed E-state index contributed by atoms with van der Waals surface area (Å²) in [5.41, 5.74) is 31.2.